The van der Waals surface area contributed by atoms with E-state index in [2.05, 4.69) is 25.3 Å². The van der Waals surface area contributed by atoms with Crippen LogP contribution in [0.25, 0.3) is 11.3 Å². The Kier molecular flexibility index (Phi) is 8.56. The summed E-state index contributed by atoms with van der Waals surface area (Å²) in [5.41, 5.74) is -3.67. The number of aliphatic hydroxyl groups excluding tert-OH is 1. The maximum Gasteiger partial charge on any atom is 0.573 e. The first-order valence-corrected chi connectivity index (χ1v) is 11.4. The van der Waals surface area contributed by atoms with E-state index >= 15 is 0 Å². The summed E-state index contributed by atoms with van der Waals surface area (Å²) < 4.78 is 80.3. The number of anilines is 3. The van der Waals surface area contributed by atoms with Crippen LogP contribution in [-0.2, 0) is 0 Å². The number of hydrogen-bond donors (Lipinski definition) is 3. The Morgan fingerprint density at radius 3 is 2.33 bits per heavy atom. The second kappa shape index (κ2) is 11.2. The molecule has 3 rings (SSSR count). The lowest BCUT2D eigenvalue weighted by molar-refractivity contribution is -0.274. The van der Waals surface area contributed by atoms with Gasteiger partial charge in [0.15, 0.2) is 0 Å². The Labute approximate surface area is 207 Å². The maximum absolute atomic E-state index is 12.8. The Morgan fingerprint density at radius 1 is 0.972 bits per heavy atom. The van der Waals surface area contributed by atoms with Gasteiger partial charge in [0.05, 0.1) is 18.3 Å². The van der Waals surface area contributed by atoms with E-state index < -0.39 is 23.7 Å². The third-order valence-corrected chi connectivity index (χ3v) is 5.47. The summed E-state index contributed by atoms with van der Waals surface area (Å²) in [4.78, 5) is 8.64. The first-order chi connectivity index (χ1) is 16.8. The standard InChI is InChI=1S/C23H22F6N4O2S/c1-13(2)19(12-34)32-21-31-18(14-5-3-7-16(9-14)35-22(24,25)26)11-20(33-21)30-15-6-4-8-17(10-15)36-23(27,28)29/h3-11,13,19,34H,12H2,1-2H3,(H2,30,31,32,33)/t19-/m1/s1. The molecular formula is C23H22F6N4O2S. The molecule has 3 N–H and O–H groups in total. The van der Waals surface area contributed by atoms with Crippen LogP contribution in [-0.4, -0.2) is 39.6 Å². The van der Waals surface area contributed by atoms with Crippen molar-refractivity contribution >= 4 is 29.2 Å². The Balaban J connectivity index is 1.99. The molecular weight excluding hydrogens is 510 g/mol. The quantitative estimate of drug-likeness (QED) is 0.206. The topological polar surface area (TPSA) is 79.3 Å². The van der Waals surface area contributed by atoms with Crippen molar-refractivity contribution in [3.8, 4) is 17.0 Å². The number of halogens is 6. The smallest absolute Gasteiger partial charge is 0.406 e. The SMILES string of the molecule is CC(C)[C@@H](CO)Nc1nc(Nc2cccc(SC(F)(F)F)c2)cc(-c2cccc(OC(F)(F)F)c2)n1. The molecule has 0 spiro atoms. The van der Waals surface area contributed by atoms with Crippen LogP contribution in [0.5, 0.6) is 5.75 Å². The van der Waals surface area contributed by atoms with Gasteiger partial charge in [-0.25, -0.2) is 4.98 Å². The zero-order valence-corrected chi connectivity index (χ0v) is 19.8. The molecule has 3 aromatic rings. The van der Waals surface area contributed by atoms with Crippen molar-refractivity contribution in [3.05, 3.63) is 54.6 Å². The lowest BCUT2D eigenvalue weighted by atomic mass is 10.1. The van der Waals surface area contributed by atoms with Crippen molar-refractivity contribution in [1.29, 1.82) is 0 Å². The highest BCUT2D eigenvalue weighted by Crippen LogP contribution is 2.38. The van der Waals surface area contributed by atoms with Gasteiger partial charge < -0.3 is 20.5 Å². The molecule has 6 nitrogen and oxygen atoms in total. The summed E-state index contributed by atoms with van der Waals surface area (Å²) in [7, 11) is 0. The molecule has 13 heteroatoms. The van der Waals surface area contributed by atoms with E-state index in [1.807, 2.05) is 13.8 Å². The van der Waals surface area contributed by atoms with Gasteiger partial charge in [-0.05, 0) is 48.0 Å². The van der Waals surface area contributed by atoms with Crippen molar-refractivity contribution in [2.75, 3.05) is 17.2 Å². The van der Waals surface area contributed by atoms with E-state index in [4.69, 9.17) is 0 Å². The highest BCUT2D eigenvalue weighted by atomic mass is 32.2. The first-order valence-electron chi connectivity index (χ1n) is 10.6. The van der Waals surface area contributed by atoms with Gasteiger partial charge in [0.25, 0.3) is 0 Å². The second-order valence-electron chi connectivity index (χ2n) is 7.92. The number of aromatic nitrogens is 2. The van der Waals surface area contributed by atoms with Gasteiger partial charge >= 0.3 is 11.9 Å². The summed E-state index contributed by atoms with van der Waals surface area (Å²) in [6.07, 6.45) is -4.88. The summed E-state index contributed by atoms with van der Waals surface area (Å²) >= 11 is -0.269. The largest absolute Gasteiger partial charge is 0.573 e. The van der Waals surface area contributed by atoms with Gasteiger partial charge in [-0.3, -0.25) is 0 Å². The number of rotatable bonds is 9. The highest BCUT2D eigenvalue weighted by Gasteiger charge is 2.31. The fourth-order valence-electron chi connectivity index (χ4n) is 3.08. The fourth-order valence-corrected chi connectivity index (χ4v) is 3.68. The van der Waals surface area contributed by atoms with E-state index in [-0.39, 0.29) is 52.2 Å². The van der Waals surface area contributed by atoms with E-state index in [1.54, 1.807) is 0 Å². The van der Waals surface area contributed by atoms with Crippen LogP contribution in [0, 0.1) is 5.92 Å². The van der Waals surface area contributed by atoms with E-state index in [0.717, 1.165) is 12.1 Å². The van der Waals surface area contributed by atoms with E-state index in [0.29, 0.717) is 5.69 Å². The van der Waals surface area contributed by atoms with Crippen molar-refractivity contribution < 1.29 is 36.2 Å². The van der Waals surface area contributed by atoms with Gasteiger partial charge in [0.2, 0.25) is 5.95 Å². The van der Waals surface area contributed by atoms with Crippen LogP contribution in [0.2, 0.25) is 0 Å². The average molecular weight is 533 g/mol. The molecule has 36 heavy (non-hydrogen) atoms. The Hall–Kier alpha value is -3.19. The monoisotopic (exact) mass is 532 g/mol. The highest BCUT2D eigenvalue weighted by molar-refractivity contribution is 8.00. The van der Waals surface area contributed by atoms with Gasteiger partial charge in [-0.1, -0.05) is 32.0 Å². The van der Waals surface area contributed by atoms with Gasteiger partial charge in [-0.15, -0.1) is 13.2 Å². The first kappa shape index (κ1) is 27.4. The maximum atomic E-state index is 12.8. The Bertz CT molecular complexity index is 1170. The van der Waals surface area contributed by atoms with Crippen LogP contribution in [0.4, 0.5) is 43.8 Å². The molecule has 0 saturated heterocycles. The zero-order chi connectivity index (χ0) is 26.5. The Morgan fingerprint density at radius 2 is 1.69 bits per heavy atom. The molecule has 0 aliphatic rings. The van der Waals surface area contributed by atoms with Gasteiger partial charge in [0, 0.05) is 22.2 Å². The van der Waals surface area contributed by atoms with Crippen molar-refractivity contribution in [2.45, 2.75) is 36.7 Å². The second-order valence-corrected chi connectivity index (χ2v) is 9.05. The number of ether oxygens (including phenoxy) is 1. The molecule has 194 valence electrons. The van der Waals surface area contributed by atoms with Crippen LogP contribution < -0.4 is 15.4 Å². The minimum atomic E-state index is -4.88. The molecule has 0 fully saturated rings. The molecule has 0 radical (unpaired) electrons. The number of thioether (sulfide) groups is 1. The normalized spacial score (nSPS) is 12.9. The molecule has 0 saturated carbocycles. The third-order valence-electron chi connectivity index (χ3n) is 4.75. The molecule has 0 amide bonds. The van der Waals surface area contributed by atoms with Gasteiger partial charge in [-0.2, -0.15) is 18.2 Å². The molecule has 0 bridgehead atoms. The number of nitrogens with one attached hydrogen (secondary N) is 2. The lowest BCUT2D eigenvalue weighted by Gasteiger charge is -2.21. The predicted octanol–water partition coefficient (Wildman–Crippen LogP) is 6.83. The fraction of sp³-hybridized carbons (Fsp3) is 0.304. The van der Waals surface area contributed by atoms with Crippen LogP contribution in [0.15, 0.2) is 59.5 Å². The van der Waals surface area contributed by atoms with Crippen molar-refractivity contribution in [1.82, 2.24) is 9.97 Å². The average Bonchev–Trinajstić information content (AvgIpc) is 2.75. The number of nitrogens with zero attached hydrogens (tertiary/aromatic N) is 2. The number of benzene rings is 2. The summed E-state index contributed by atoms with van der Waals surface area (Å²) in [5.74, 6) is -0.238. The molecule has 0 aliphatic heterocycles. The molecule has 2 aromatic carbocycles. The van der Waals surface area contributed by atoms with Crippen LogP contribution in [0.3, 0.4) is 0 Å². The number of aliphatic hydroxyl groups is 1. The minimum absolute atomic E-state index is 0.0155. The lowest BCUT2D eigenvalue weighted by Crippen LogP contribution is -2.30. The zero-order valence-electron chi connectivity index (χ0n) is 19.0. The molecule has 0 aliphatic carbocycles. The van der Waals surface area contributed by atoms with Crippen LogP contribution in [0.1, 0.15) is 13.8 Å². The molecule has 1 heterocycles. The van der Waals surface area contributed by atoms with E-state index in [9.17, 15) is 31.4 Å². The van der Waals surface area contributed by atoms with Crippen molar-refractivity contribution in [2.24, 2.45) is 5.92 Å². The van der Waals surface area contributed by atoms with Gasteiger partial charge in [0.1, 0.15) is 11.6 Å². The minimum Gasteiger partial charge on any atom is -0.406 e. The van der Waals surface area contributed by atoms with Crippen molar-refractivity contribution in [3.63, 3.8) is 0 Å². The van der Waals surface area contributed by atoms with E-state index in [1.165, 1.54) is 42.5 Å². The summed E-state index contributed by atoms with van der Waals surface area (Å²) in [6.45, 7) is 3.48. The number of hydrogen-bond acceptors (Lipinski definition) is 7. The predicted molar refractivity (Wildman–Crippen MR) is 125 cm³/mol. The summed E-state index contributed by atoms with van der Waals surface area (Å²) in [6, 6.07) is 11.7. The number of alkyl halides is 6. The third kappa shape index (κ3) is 8.48. The molecule has 1 atom stereocenters. The molecule has 1 aromatic heterocycles. The van der Waals surface area contributed by atoms with Crippen LogP contribution >= 0.6 is 11.8 Å². The summed E-state index contributed by atoms with van der Waals surface area (Å²) in [5, 5.41) is 15.6. The molecule has 0 unspecified atom stereocenters.